The van der Waals surface area contributed by atoms with E-state index in [1.165, 1.54) is 0 Å². The molecular weight excluding hydrogens is 328 g/mol. The molecule has 0 spiro atoms. The molecular formula is C20H28N4O2. The number of nitrogens with zero attached hydrogens (tertiary/aromatic N) is 4. The third-order valence-electron chi connectivity index (χ3n) is 4.39. The summed E-state index contributed by atoms with van der Waals surface area (Å²) >= 11 is 0. The molecule has 1 fully saturated rings. The van der Waals surface area contributed by atoms with Gasteiger partial charge in [-0.3, -0.25) is 4.98 Å². The third-order valence-corrected chi connectivity index (χ3v) is 4.39. The summed E-state index contributed by atoms with van der Waals surface area (Å²) in [5.41, 5.74) is 2.08. The number of rotatable bonds is 8. The molecule has 3 rings (SSSR count). The predicted octanol–water partition coefficient (Wildman–Crippen LogP) is 3.18. The maximum absolute atomic E-state index is 5.56. The van der Waals surface area contributed by atoms with Crippen molar-refractivity contribution in [3.8, 4) is 0 Å². The minimum atomic E-state index is 0.336. The van der Waals surface area contributed by atoms with E-state index in [-0.39, 0.29) is 0 Å². The van der Waals surface area contributed by atoms with Gasteiger partial charge < -0.3 is 14.4 Å². The quantitative estimate of drug-likeness (QED) is 0.724. The summed E-state index contributed by atoms with van der Waals surface area (Å²) in [7, 11) is 1.67. The molecule has 0 aliphatic carbocycles. The Kier molecular flexibility index (Phi) is 6.52. The van der Waals surface area contributed by atoms with Gasteiger partial charge in [-0.15, -0.1) is 0 Å². The van der Waals surface area contributed by atoms with Crippen molar-refractivity contribution >= 4 is 5.82 Å². The largest absolute Gasteiger partial charge is 0.381 e. The fourth-order valence-corrected chi connectivity index (χ4v) is 3.20. The highest BCUT2D eigenvalue weighted by molar-refractivity contribution is 5.41. The summed E-state index contributed by atoms with van der Waals surface area (Å²) in [5, 5.41) is 0. The molecule has 1 saturated heterocycles. The molecule has 0 unspecified atom stereocenters. The van der Waals surface area contributed by atoms with Gasteiger partial charge in [-0.1, -0.05) is 19.9 Å². The normalized spacial score (nSPS) is 17.0. The summed E-state index contributed by atoms with van der Waals surface area (Å²) in [6.45, 7) is 8.00. The van der Waals surface area contributed by atoms with E-state index in [0.29, 0.717) is 18.4 Å². The molecule has 1 aliphatic heterocycles. The zero-order chi connectivity index (χ0) is 18.4. The average molecular weight is 356 g/mol. The molecule has 0 saturated carbocycles. The second-order valence-electron chi connectivity index (χ2n) is 7.16. The second-order valence-corrected chi connectivity index (χ2v) is 7.16. The molecule has 2 aromatic heterocycles. The molecule has 0 aromatic carbocycles. The maximum atomic E-state index is 5.56. The van der Waals surface area contributed by atoms with E-state index >= 15 is 0 Å². The molecule has 140 valence electrons. The van der Waals surface area contributed by atoms with Crippen LogP contribution in [0.3, 0.4) is 0 Å². The van der Waals surface area contributed by atoms with Gasteiger partial charge in [-0.2, -0.15) is 0 Å². The van der Waals surface area contributed by atoms with Gasteiger partial charge in [-0.25, -0.2) is 9.97 Å². The Balaban J connectivity index is 1.92. The first-order valence-electron chi connectivity index (χ1n) is 9.25. The van der Waals surface area contributed by atoms with Gasteiger partial charge in [0.15, 0.2) is 5.82 Å². The van der Waals surface area contributed by atoms with Crippen LogP contribution >= 0.6 is 0 Å². The van der Waals surface area contributed by atoms with Crippen LogP contribution in [0.4, 0.5) is 5.82 Å². The van der Waals surface area contributed by atoms with Gasteiger partial charge in [0.25, 0.3) is 0 Å². The standard InChI is InChI=1S/C20H28N4O2/c1-15(2)11-24(12-17-6-4-5-8-21-17)20-10-18(16-7-9-26-13-16)22-19(23-20)14-25-3/h4-6,8,10,15-16H,7,9,11-14H2,1-3H3/t16-/m1/s1. The van der Waals surface area contributed by atoms with Crippen LogP contribution < -0.4 is 4.90 Å². The molecule has 1 atom stereocenters. The summed E-state index contributed by atoms with van der Waals surface area (Å²) in [6.07, 6.45) is 2.84. The number of hydrogen-bond acceptors (Lipinski definition) is 6. The zero-order valence-electron chi connectivity index (χ0n) is 15.9. The average Bonchev–Trinajstić information content (AvgIpc) is 3.16. The Bertz CT molecular complexity index is 687. The highest BCUT2D eigenvalue weighted by Gasteiger charge is 2.22. The molecule has 3 heterocycles. The minimum absolute atomic E-state index is 0.336. The number of ether oxygens (including phenoxy) is 2. The Hall–Kier alpha value is -2.05. The molecule has 6 heteroatoms. The fraction of sp³-hybridized carbons (Fsp3) is 0.550. The number of pyridine rings is 1. The molecule has 26 heavy (non-hydrogen) atoms. The summed E-state index contributed by atoms with van der Waals surface area (Å²) < 4.78 is 10.8. The van der Waals surface area contributed by atoms with Gasteiger partial charge in [-0.05, 0) is 24.5 Å². The van der Waals surface area contributed by atoms with Crippen molar-refractivity contribution in [2.24, 2.45) is 5.92 Å². The van der Waals surface area contributed by atoms with Crippen LogP contribution in [0.25, 0.3) is 0 Å². The lowest BCUT2D eigenvalue weighted by Gasteiger charge is -2.26. The van der Waals surface area contributed by atoms with Gasteiger partial charge in [0.1, 0.15) is 12.4 Å². The van der Waals surface area contributed by atoms with Crippen molar-refractivity contribution in [1.82, 2.24) is 15.0 Å². The maximum Gasteiger partial charge on any atom is 0.156 e. The third kappa shape index (κ3) is 4.99. The molecule has 0 amide bonds. The number of anilines is 1. The number of methoxy groups -OCH3 is 1. The van der Waals surface area contributed by atoms with Crippen molar-refractivity contribution in [1.29, 1.82) is 0 Å². The molecule has 0 bridgehead atoms. The van der Waals surface area contributed by atoms with Crippen molar-refractivity contribution in [3.63, 3.8) is 0 Å². The van der Waals surface area contributed by atoms with E-state index in [1.54, 1.807) is 7.11 Å². The summed E-state index contributed by atoms with van der Waals surface area (Å²) in [6, 6.07) is 8.13. The van der Waals surface area contributed by atoms with Crippen LogP contribution in [0.5, 0.6) is 0 Å². The first kappa shape index (κ1) is 18.7. The van der Waals surface area contributed by atoms with E-state index in [9.17, 15) is 0 Å². The Labute approximate surface area is 155 Å². The van der Waals surface area contributed by atoms with Crippen LogP contribution in [-0.2, 0) is 22.6 Å². The van der Waals surface area contributed by atoms with Crippen LogP contribution in [0.1, 0.15) is 43.4 Å². The Morgan fingerprint density at radius 1 is 1.31 bits per heavy atom. The monoisotopic (exact) mass is 356 g/mol. The predicted molar refractivity (Wildman–Crippen MR) is 101 cm³/mol. The molecule has 2 aromatic rings. The van der Waals surface area contributed by atoms with Crippen molar-refractivity contribution in [2.45, 2.75) is 39.3 Å². The van der Waals surface area contributed by atoms with Crippen molar-refractivity contribution in [2.75, 3.05) is 31.8 Å². The molecule has 6 nitrogen and oxygen atoms in total. The van der Waals surface area contributed by atoms with Crippen LogP contribution in [0.15, 0.2) is 30.5 Å². The van der Waals surface area contributed by atoms with Gasteiger partial charge >= 0.3 is 0 Å². The van der Waals surface area contributed by atoms with E-state index in [2.05, 4.69) is 35.9 Å². The van der Waals surface area contributed by atoms with Crippen molar-refractivity contribution < 1.29 is 9.47 Å². The number of hydrogen-bond donors (Lipinski definition) is 0. The van der Waals surface area contributed by atoms with E-state index in [0.717, 1.165) is 55.8 Å². The molecule has 0 N–H and O–H groups in total. The van der Waals surface area contributed by atoms with E-state index < -0.39 is 0 Å². The van der Waals surface area contributed by atoms with Crippen LogP contribution in [-0.4, -0.2) is 41.8 Å². The van der Waals surface area contributed by atoms with Gasteiger partial charge in [0.2, 0.25) is 0 Å². The van der Waals surface area contributed by atoms with Crippen LogP contribution in [0.2, 0.25) is 0 Å². The highest BCUT2D eigenvalue weighted by atomic mass is 16.5. The Morgan fingerprint density at radius 3 is 2.85 bits per heavy atom. The first-order chi connectivity index (χ1) is 12.7. The van der Waals surface area contributed by atoms with E-state index in [1.807, 2.05) is 18.3 Å². The van der Waals surface area contributed by atoms with Gasteiger partial charge in [0, 0.05) is 38.4 Å². The lowest BCUT2D eigenvalue weighted by Crippen LogP contribution is -2.29. The lowest BCUT2D eigenvalue weighted by atomic mass is 10.0. The minimum Gasteiger partial charge on any atom is -0.381 e. The topological polar surface area (TPSA) is 60.4 Å². The van der Waals surface area contributed by atoms with Gasteiger partial charge in [0.05, 0.1) is 24.5 Å². The summed E-state index contributed by atoms with van der Waals surface area (Å²) in [5.74, 6) is 2.51. The Morgan fingerprint density at radius 2 is 2.19 bits per heavy atom. The SMILES string of the molecule is COCc1nc([C@@H]2CCOC2)cc(N(Cc2ccccn2)CC(C)C)n1. The highest BCUT2D eigenvalue weighted by Crippen LogP contribution is 2.27. The smallest absolute Gasteiger partial charge is 0.156 e. The van der Waals surface area contributed by atoms with Crippen LogP contribution in [0, 0.1) is 5.92 Å². The first-order valence-corrected chi connectivity index (χ1v) is 9.25. The second kappa shape index (κ2) is 9.05. The number of aromatic nitrogens is 3. The lowest BCUT2D eigenvalue weighted by molar-refractivity contribution is 0.177. The summed E-state index contributed by atoms with van der Waals surface area (Å²) in [4.78, 5) is 16.2. The fourth-order valence-electron chi connectivity index (χ4n) is 3.20. The molecule has 1 aliphatic rings. The zero-order valence-corrected chi connectivity index (χ0v) is 15.9. The molecule has 0 radical (unpaired) electrons. The van der Waals surface area contributed by atoms with E-state index in [4.69, 9.17) is 19.4 Å². The van der Waals surface area contributed by atoms with Crippen molar-refractivity contribution in [3.05, 3.63) is 47.7 Å².